The van der Waals surface area contributed by atoms with E-state index < -0.39 is 5.97 Å². The van der Waals surface area contributed by atoms with Gasteiger partial charge in [0.05, 0.1) is 10.4 Å². The number of carboxylic acids is 1. The molecule has 1 aromatic heterocycles. The Morgan fingerprint density at radius 2 is 2.24 bits per heavy atom. The SMILES string of the molecule is CCCCC(C)NC(=O)c1cc(C(=O)O)cs1. The van der Waals surface area contributed by atoms with E-state index in [4.69, 9.17) is 5.11 Å². The molecule has 94 valence electrons. The van der Waals surface area contributed by atoms with Gasteiger partial charge >= 0.3 is 5.97 Å². The summed E-state index contributed by atoms with van der Waals surface area (Å²) in [4.78, 5) is 22.9. The number of carbonyl (C=O) groups is 2. The van der Waals surface area contributed by atoms with Gasteiger partial charge in [-0.3, -0.25) is 4.79 Å². The van der Waals surface area contributed by atoms with Gasteiger partial charge in [0.15, 0.2) is 0 Å². The van der Waals surface area contributed by atoms with Crippen molar-refractivity contribution in [1.82, 2.24) is 5.32 Å². The molecule has 0 radical (unpaired) electrons. The topological polar surface area (TPSA) is 66.4 Å². The maximum Gasteiger partial charge on any atom is 0.336 e. The quantitative estimate of drug-likeness (QED) is 0.821. The molecule has 0 saturated heterocycles. The van der Waals surface area contributed by atoms with Crippen LogP contribution < -0.4 is 5.32 Å². The number of hydrogen-bond donors (Lipinski definition) is 2. The third kappa shape index (κ3) is 4.19. The van der Waals surface area contributed by atoms with Crippen molar-refractivity contribution in [2.45, 2.75) is 39.2 Å². The summed E-state index contributed by atoms with van der Waals surface area (Å²) in [6, 6.07) is 1.53. The highest BCUT2D eigenvalue weighted by Crippen LogP contribution is 2.15. The summed E-state index contributed by atoms with van der Waals surface area (Å²) in [5.41, 5.74) is 0.168. The van der Waals surface area contributed by atoms with Crippen molar-refractivity contribution in [1.29, 1.82) is 0 Å². The molecule has 1 heterocycles. The fourth-order valence-electron chi connectivity index (χ4n) is 1.44. The first-order valence-corrected chi connectivity index (χ1v) is 6.55. The molecule has 1 aromatic rings. The zero-order chi connectivity index (χ0) is 12.8. The van der Waals surface area contributed by atoms with Crippen LogP contribution in [0.2, 0.25) is 0 Å². The minimum atomic E-state index is -1.00. The van der Waals surface area contributed by atoms with Crippen LogP contribution in [-0.4, -0.2) is 23.0 Å². The maximum absolute atomic E-state index is 11.8. The lowest BCUT2D eigenvalue weighted by Crippen LogP contribution is -2.31. The molecule has 1 rings (SSSR count). The lowest BCUT2D eigenvalue weighted by atomic mass is 10.1. The molecular weight excluding hydrogens is 238 g/mol. The zero-order valence-electron chi connectivity index (χ0n) is 10.0. The fraction of sp³-hybridized carbons (Fsp3) is 0.500. The molecule has 0 spiro atoms. The van der Waals surface area contributed by atoms with Crippen molar-refractivity contribution < 1.29 is 14.7 Å². The molecule has 0 aliphatic rings. The van der Waals surface area contributed by atoms with E-state index in [1.807, 2.05) is 6.92 Å². The average molecular weight is 255 g/mol. The highest BCUT2D eigenvalue weighted by atomic mass is 32.1. The van der Waals surface area contributed by atoms with Crippen molar-refractivity contribution in [3.8, 4) is 0 Å². The van der Waals surface area contributed by atoms with Crippen LogP contribution in [-0.2, 0) is 0 Å². The largest absolute Gasteiger partial charge is 0.478 e. The normalized spacial score (nSPS) is 12.1. The Hall–Kier alpha value is -1.36. The Morgan fingerprint density at radius 3 is 2.76 bits per heavy atom. The van der Waals surface area contributed by atoms with Crippen LogP contribution >= 0.6 is 11.3 Å². The molecule has 0 aromatic carbocycles. The summed E-state index contributed by atoms with van der Waals surface area (Å²) in [6.45, 7) is 4.06. The van der Waals surface area contributed by atoms with Crippen molar-refractivity contribution >= 4 is 23.2 Å². The van der Waals surface area contributed by atoms with Crippen molar-refractivity contribution in [2.75, 3.05) is 0 Å². The van der Waals surface area contributed by atoms with E-state index in [9.17, 15) is 9.59 Å². The summed E-state index contributed by atoms with van der Waals surface area (Å²) in [5, 5.41) is 13.1. The molecule has 1 unspecified atom stereocenters. The van der Waals surface area contributed by atoms with Gasteiger partial charge in [0.25, 0.3) is 5.91 Å². The van der Waals surface area contributed by atoms with Gasteiger partial charge in [-0.25, -0.2) is 4.79 Å². The second-order valence-electron chi connectivity index (χ2n) is 4.02. The summed E-state index contributed by atoms with van der Waals surface area (Å²) in [6.07, 6.45) is 3.12. The van der Waals surface area contributed by atoms with Crippen LogP contribution in [0, 0.1) is 0 Å². The van der Waals surface area contributed by atoms with Gasteiger partial charge in [-0.05, 0) is 19.4 Å². The second-order valence-corrected chi connectivity index (χ2v) is 4.93. The number of amides is 1. The number of unbranched alkanes of at least 4 members (excludes halogenated alkanes) is 1. The molecular formula is C12H17NO3S. The van der Waals surface area contributed by atoms with Crippen LogP contribution in [0.25, 0.3) is 0 Å². The molecule has 1 atom stereocenters. The third-order valence-corrected chi connectivity index (χ3v) is 3.37. The molecule has 0 aliphatic heterocycles. The minimum Gasteiger partial charge on any atom is -0.478 e. The van der Waals surface area contributed by atoms with E-state index in [0.29, 0.717) is 4.88 Å². The standard InChI is InChI=1S/C12H17NO3S/c1-3-4-5-8(2)13-11(14)10-6-9(7-17-10)12(15)16/h6-8H,3-5H2,1-2H3,(H,13,14)(H,15,16). The van der Waals surface area contributed by atoms with Gasteiger partial charge < -0.3 is 10.4 Å². The summed E-state index contributed by atoms with van der Waals surface area (Å²) >= 11 is 1.16. The van der Waals surface area contributed by atoms with Crippen molar-refractivity contribution in [3.63, 3.8) is 0 Å². The van der Waals surface area contributed by atoms with Gasteiger partial charge in [0.1, 0.15) is 0 Å². The lowest BCUT2D eigenvalue weighted by Gasteiger charge is -2.12. The van der Waals surface area contributed by atoms with E-state index in [1.54, 1.807) is 0 Å². The number of carboxylic acid groups (broad SMARTS) is 1. The molecule has 4 nitrogen and oxygen atoms in total. The molecule has 2 N–H and O–H groups in total. The first-order chi connectivity index (χ1) is 8.04. The van der Waals surface area contributed by atoms with Crippen LogP contribution in [0.4, 0.5) is 0 Å². The third-order valence-electron chi connectivity index (χ3n) is 2.44. The highest BCUT2D eigenvalue weighted by Gasteiger charge is 2.14. The minimum absolute atomic E-state index is 0.123. The van der Waals surface area contributed by atoms with E-state index in [1.165, 1.54) is 11.4 Å². The number of carbonyl (C=O) groups excluding carboxylic acids is 1. The Labute approximate surface area is 105 Å². The predicted molar refractivity (Wildman–Crippen MR) is 67.7 cm³/mol. The van der Waals surface area contributed by atoms with Gasteiger partial charge in [-0.15, -0.1) is 11.3 Å². The van der Waals surface area contributed by atoms with E-state index in [0.717, 1.165) is 30.6 Å². The van der Waals surface area contributed by atoms with Crippen molar-refractivity contribution in [3.05, 3.63) is 21.9 Å². The van der Waals surface area contributed by atoms with Gasteiger partial charge in [-0.2, -0.15) is 0 Å². The predicted octanol–water partition coefficient (Wildman–Crippen LogP) is 2.75. The lowest BCUT2D eigenvalue weighted by molar-refractivity contribution is 0.0697. The Bertz CT molecular complexity index is 400. The number of hydrogen-bond acceptors (Lipinski definition) is 3. The number of rotatable bonds is 6. The Kier molecular flexibility index (Phi) is 5.15. The van der Waals surface area contributed by atoms with Crippen LogP contribution in [0.1, 0.15) is 53.1 Å². The van der Waals surface area contributed by atoms with E-state index in [-0.39, 0.29) is 17.5 Å². The highest BCUT2D eigenvalue weighted by molar-refractivity contribution is 7.12. The van der Waals surface area contributed by atoms with E-state index >= 15 is 0 Å². The first kappa shape index (κ1) is 13.7. The monoisotopic (exact) mass is 255 g/mol. The molecule has 17 heavy (non-hydrogen) atoms. The summed E-state index contributed by atoms with van der Waals surface area (Å²) in [7, 11) is 0. The maximum atomic E-state index is 11.8. The van der Waals surface area contributed by atoms with Crippen LogP contribution in [0.15, 0.2) is 11.4 Å². The van der Waals surface area contributed by atoms with Gasteiger partial charge in [0.2, 0.25) is 0 Å². The zero-order valence-corrected chi connectivity index (χ0v) is 10.8. The molecule has 5 heteroatoms. The second kappa shape index (κ2) is 6.39. The Morgan fingerprint density at radius 1 is 1.53 bits per heavy atom. The van der Waals surface area contributed by atoms with Crippen molar-refractivity contribution in [2.24, 2.45) is 0 Å². The Balaban J connectivity index is 2.54. The van der Waals surface area contributed by atoms with Crippen LogP contribution in [0.5, 0.6) is 0 Å². The summed E-state index contributed by atoms with van der Waals surface area (Å²) in [5.74, 6) is -1.19. The number of nitrogens with one attached hydrogen (secondary N) is 1. The first-order valence-electron chi connectivity index (χ1n) is 5.67. The molecule has 0 fully saturated rings. The molecule has 0 saturated carbocycles. The fourth-order valence-corrected chi connectivity index (χ4v) is 2.23. The molecule has 1 amide bonds. The van der Waals surface area contributed by atoms with E-state index in [2.05, 4.69) is 12.2 Å². The summed E-state index contributed by atoms with van der Waals surface area (Å²) < 4.78 is 0. The molecule has 0 bridgehead atoms. The van der Waals surface area contributed by atoms with Gasteiger partial charge in [-0.1, -0.05) is 19.8 Å². The molecule has 0 aliphatic carbocycles. The van der Waals surface area contributed by atoms with Crippen LogP contribution in [0.3, 0.4) is 0 Å². The van der Waals surface area contributed by atoms with Gasteiger partial charge in [0, 0.05) is 11.4 Å². The number of aromatic carboxylic acids is 1. The number of thiophene rings is 1. The average Bonchev–Trinajstić information content (AvgIpc) is 2.75. The smallest absolute Gasteiger partial charge is 0.336 e.